The van der Waals surface area contributed by atoms with Crippen molar-refractivity contribution in [1.29, 1.82) is 0 Å². The molecular formula is C38H49ClN4O6S. The highest BCUT2D eigenvalue weighted by Gasteiger charge is 2.45. The molecule has 0 radical (unpaired) electrons. The van der Waals surface area contributed by atoms with Gasteiger partial charge in [-0.15, -0.1) is 4.36 Å². The molecule has 0 unspecified atom stereocenters. The average molecular weight is 725 g/mol. The highest BCUT2D eigenvalue weighted by molar-refractivity contribution is 7.92. The molecule has 10 nitrogen and oxygen atoms in total. The number of nitrogens with one attached hydrogen (secondary N) is 1. The number of hydrogen-bond donors (Lipinski definition) is 1. The van der Waals surface area contributed by atoms with E-state index in [-0.39, 0.29) is 35.3 Å². The zero-order valence-corrected chi connectivity index (χ0v) is 31.0. The lowest BCUT2D eigenvalue weighted by molar-refractivity contribution is -0.0508. The molecule has 2 aromatic carbocycles. The van der Waals surface area contributed by atoms with E-state index in [0.29, 0.717) is 42.7 Å². The lowest BCUT2D eigenvalue weighted by Gasteiger charge is -2.46. The van der Waals surface area contributed by atoms with E-state index in [1.54, 1.807) is 25.2 Å². The van der Waals surface area contributed by atoms with Gasteiger partial charge in [-0.1, -0.05) is 36.7 Å². The molecule has 270 valence electrons. The second-order valence-electron chi connectivity index (χ2n) is 15.0. The first-order chi connectivity index (χ1) is 24.0. The summed E-state index contributed by atoms with van der Waals surface area (Å²) in [5.41, 5.74) is 3.43. The number of allylic oxidation sites excluding steroid dienone is 1. The molecule has 3 heterocycles. The summed E-state index contributed by atoms with van der Waals surface area (Å²) in [7, 11) is -0.112. The fraction of sp³-hybridized carbons (Fsp3) is 0.579. The van der Waals surface area contributed by atoms with Crippen molar-refractivity contribution in [2.45, 2.75) is 76.0 Å². The number of benzene rings is 2. The van der Waals surface area contributed by atoms with Crippen LogP contribution >= 0.6 is 11.6 Å². The normalized spacial score (nSPS) is 34.5. The van der Waals surface area contributed by atoms with Crippen molar-refractivity contribution in [2.75, 3.05) is 51.1 Å². The summed E-state index contributed by atoms with van der Waals surface area (Å²) in [5, 5.41) is 0.743. The van der Waals surface area contributed by atoms with Crippen molar-refractivity contribution in [3.63, 3.8) is 0 Å². The van der Waals surface area contributed by atoms with Crippen LogP contribution in [-0.4, -0.2) is 85.5 Å². The first-order valence-corrected chi connectivity index (χ1v) is 20.0. The largest absolute Gasteiger partial charge is 0.490 e. The Labute approximate surface area is 301 Å². The molecule has 3 aliphatic heterocycles. The Morgan fingerprint density at radius 3 is 2.70 bits per heavy atom. The van der Waals surface area contributed by atoms with Crippen LogP contribution in [0, 0.1) is 17.8 Å². The maximum Gasteiger partial charge on any atom is 0.330 e. The molecule has 1 N–H and O–H groups in total. The Hall–Kier alpha value is -3.12. The average Bonchev–Trinajstić information content (AvgIpc) is 3.21. The number of methoxy groups -OCH3 is 2. The minimum atomic E-state index is -3.49. The van der Waals surface area contributed by atoms with Crippen molar-refractivity contribution >= 4 is 39.1 Å². The lowest BCUT2D eigenvalue weighted by Crippen LogP contribution is -2.64. The number of anilines is 1. The molecule has 1 saturated heterocycles. The number of carbonyl (C=O) groups excluding carboxylic acids is 2. The standard InChI is InChI=1S/C38H49ClN4O6S/c1-24-7-5-9-33(47-3)30-13-10-28(30)19-42-22-38(16-6-8-26-17-29(39)12-14-31(26)38)23-49-34-15-11-27(18-32(34)42)36(44)40-50(46,21-24)41-37(45)43-20-35(48-4)25(43)2/h5,9,11-12,14-15,17-18,24-25,28,30,33,35H,6-8,10,13,16,19-23H2,1-4H3,(H,40,41,44,45,46)/b9-5+/t24-,25-,28-,30+,33-,35+,38-,50-/m0/s1. The fourth-order valence-electron chi connectivity index (χ4n) is 8.68. The number of halogens is 1. The summed E-state index contributed by atoms with van der Waals surface area (Å²) in [5.74, 6) is 0.725. The van der Waals surface area contributed by atoms with E-state index < -0.39 is 21.9 Å². The lowest BCUT2D eigenvalue weighted by atomic mass is 9.68. The second-order valence-corrected chi connectivity index (χ2v) is 17.5. The monoisotopic (exact) mass is 724 g/mol. The van der Waals surface area contributed by atoms with Gasteiger partial charge < -0.3 is 24.0 Å². The molecule has 2 bridgehead atoms. The number of aryl methyl sites for hydroxylation is 1. The SMILES string of the molecule is CO[C@H]1/C=C/C[C@H](C)C[S@@](=O)(NC(=O)N2C[C@@H](OC)[C@@H]2C)=NC(=O)c2ccc3c(c2)N(C[C@@H]2CC[C@H]21)C[C@@]1(CCCc2cc(Cl)ccc21)CO3. The number of carbonyl (C=O) groups is 2. The Kier molecular flexibility index (Phi) is 9.97. The van der Waals surface area contributed by atoms with Crippen LogP contribution in [0.3, 0.4) is 0 Å². The van der Waals surface area contributed by atoms with Gasteiger partial charge in [0.25, 0.3) is 5.91 Å². The van der Waals surface area contributed by atoms with Gasteiger partial charge in [-0.25, -0.2) is 9.00 Å². The summed E-state index contributed by atoms with van der Waals surface area (Å²) >= 11 is 6.45. The molecule has 1 spiro atoms. The number of rotatable bonds is 3. The zero-order chi connectivity index (χ0) is 35.2. The van der Waals surface area contributed by atoms with E-state index in [1.807, 2.05) is 32.0 Å². The van der Waals surface area contributed by atoms with Crippen LogP contribution < -0.4 is 14.4 Å². The molecule has 2 aliphatic carbocycles. The number of ether oxygens (including phenoxy) is 3. The highest BCUT2D eigenvalue weighted by Crippen LogP contribution is 2.47. The molecule has 12 heteroatoms. The summed E-state index contributed by atoms with van der Waals surface area (Å²) in [6, 6.07) is 10.9. The minimum Gasteiger partial charge on any atom is -0.490 e. The van der Waals surface area contributed by atoms with Crippen molar-refractivity contribution in [3.8, 4) is 5.75 Å². The molecular weight excluding hydrogens is 676 g/mol. The second kappa shape index (κ2) is 14.1. The Balaban J connectivity index is 1.28. The van der Waals surface area contributed by atoms with Crippen LogP contribution in [0.25, 0.3) is 0 Å². The number of fused-ring (bicyclic) bond motifs is 4. The number of amides is 3. The fourth-order valence-corrected chi connectivity index (χ4v) is 10.7. The van der Waals surface area contributed by atoms with Gasteiger partial charge in [0.2, 0.25) is 0 Å². The molecule has 2 fully saturated rings. The molecule has 0 aromatic heterocycles. The molecule has 2 aromatic rings. The number of nitrogens with zero attached hydrogens (tertiary/aromatic N) is 3. The van der Waals surface area contributed by atoms with Crippen LogP contribution in [0.1, 0.15) is 67.4 Å². The van der Waals surface area contributed by atoms with Gasteiger partial charge >= 0.3 is 6.03 Å². The Morgan fingerprint density at radius 2 is 1.96 bits per heavy atom. The summed E-state index contributed by atoms with van der Waals surface area (Å²) < 4.78 is 39.6. The van der Waals surface area contributed by atoms with E-state index in [2.05, 4.69) is 38.3 Å². The van der Waals surface area contributed by atoms with E-state index in [1.165, 1.54) is 11.1 Å². The number of urea groups is 1. The smallest absolute Gasteiger partial charge is 0.330 e. The maximum absolute atomic E-state index is 14.5. The van der Waals surface area contributed by atoms with E-state index in [9.17, 15) is 13.8 Å². The van der Waals surface area contributed by atoms with Gasteiger partial charge in [0.15, 0.2) is 0 Å². The first-order valence-electron chi connectivity index (χ1n) is 17.9. The van der Waals surface area contributed by atoms with Gasteiger partial charge in [0, 0.05) is 43.3 Å². The quantitative estimate of drug-likeness (QED) is 0.365. The molecule has 3 amide bonds. The van der Waals surface area contributed by atoms with Crippen LogP contribution in [0.2, 0.25) is 5.02 Å². The van der Waals surface area contributed by atoms with Gasteiger partial charge in [0.1, 0.15) is 15.7 Å². The van der Waals surface area contributed by atoms with E-state index >= 15 is 0 Å². The van der Waals surface area contributed by atoms with Crippen LogP contribution in [0.5, 0.6) is 5.75 Å². The van der Waals surface area contributed by atoms with Crippen molar-refractivity contribution in [2.24, 2.45) is 22.1 Å². The third kappa shape index (κ3) is 6.78. The molecule has 8 atom stereocenters. The zero-order valence-electron chi connectivity index (χ0n) is 29.4. The van der Waals surface area contributed by atoms with Gasteiger partial charge in [-0.3, -0.25) is 9.52 Å². The third-order valence-electron chi connectivity index (χ3n) is 11.7. The topological polar surface area (TPSA) is 110 Å². The van der Waals surface area contributed by atoms with Crippen LogP contribution in [0.4, 0.5) is 10.5 Å². The summed E-state index contributed by atoms with van der Waals surface area (Å²) in [6.07, 6.45) is 9.84. The predicted octanol–water partition coefficient (Wildman–Crippen LogP) is 6.40. The summed E-state index contributed by atoms with van der Waals surface area (Å²) in [4.78, 5) is 31.3. The van der Waals surface area contributed by atoms with E-state index in [4.69, 9.17) is 25.8 Å². The van der Waals surface area contributed by atoms with Crippen LogP contribution in [0.15, 0.2) is 52.9 Å². The van der Waals surface area contributed by atoms with Crippen molar-refractivity contribution < 1.29 is 28.0 Å². The molecule has 50 heavy (non-hydrogen) atoms. The first kappa shape index (κ1) is 35.3. The molecule has 5 aliphatic rings. The number of likely N-dealkylation sites (tertiary alicyclic amines) is 1. The maximum atomic E-state index is 14.5. The van der Waals surface area contributed by atoms with Gasteiger partial charge in [0.05, 0.1) is 42.8 Å². The Morgan fingerprint density at radius 1 is 1.12 bits per heavy atom. The summed E-state index contributed by atoms with van der Waals surface area (Å²) in [6.45, 7) is 6.24. The van der Waals surface area contributed by atoms with Crippen LogP contribution in [-0.2, 0) is 31.2 Å². The molecule has 7 rings (SSSR count). The van der Waals surface area contributed by atoms with Crippen molar-refractivity contribution in [3.05, 3.63) is 70.3 Å². The van der Waals surface area contributed by atoms with E-state index in [0.717, 1.165) is 55.9 Å². The minimum absolute atomic E-state index is 0.0283. The Bertz CT molecular complexity index is 1790. The third-order valence-corrected chi connectivity index (χ3v) is 13.9. The molecule has 1 saturated carbocycles. The van der Waals surface area contributed by atoms with Gasteiger partial charge in [-0.2, -0.15) is 0 Å². The van der Waals surface area contributed by atoms with Gasteiger partial charge in [-0.05, 0) is 105 Å². The number of hydrogen-bond acceptors (Lipinski definition) is 7. The highest BCUT2D eigenvalue weighted by atomic mass is 35.5. The van der Waals surface area contributed by atoms with Crippen molar-refractivity contribution in [1.82, 2.24) is 9.62 Å². The predicted molar refractivity (Wildman–Crippen MR) is 195 cm³/mol.